The van der Waals surface area contributed by atoms with Gasteiger partial charge < -0.3 is 10.3 Å². The number of anilines is 1. The van der Waals surface area contributed by atoms with E-state index in [0.717, 1.165) is 5.56 Å². The highest BCUT2D eigenvalue weighted by Crippen LogP contribution is 2.16. The summed E-state index contributed by atoms with van der Waals surface area (Å²) in [7, 11) is 0. The van der Waals surface area contributed by atoms with Gasteiger partial charge in [0.05, 0.1) is 6.54 Å². The van der Waals surface area contributed by atoms with Gasteiger partial charge in [0.2, 0.25) is 11.5 Å². The molecule has 6 nitrogen and oxygen atoms in total. The van der Waals surface area contributed by atoms with Crippen molar-refractivity contribution in [3.8, 4) is 0 Å². The zero-order valence-corrected chi connectivity index (χ0v) is 16.1. The fourth-order valence-electron chi connectivity index (χ4n) is 2.33. The number of nitrogens with one attached hydrogen (secondary N) is 3. The van der Waals surface area contributed by atoms with E-state index in [2.05, 4.69) is 20.6 Å². The Hall–Kier alpha value is -3.09. The molecule has 0 aliphatic carbocycles. The standard InChI is InChI=1S/C20H16Cl2N4O2/c21-15-10-8-13(9-11-15)19(28)26-20(25-17-6-3-7-18(27)24-17)23-12-14-4-1-2-5-16(14)22/h1-11H,12H2,(H3,23,24,25,26,27,28). The fraction of sp³-hybridized carbons (Fsp3) is 0.0500. The lowest BCUT2D eigenvalue weighted by molar-refractivity contribution is 0.0977. The van der Waals surface area contributed by atoms with Crippen molar-refractivity contribution in [2.45, 2.75) is 6.54 Å². The van der Waals surface area contributed by atoms with Crippen LogP contribution in [0.3, 0.4) is 0 Å². The number of guanidine groups is 1. The summed E-state index contributed by atoms with van der Waals surface area (Å²) in [6.45, 7) is 0.236. The predicted molar refractivity (Wildman–Crippen MR) is 112 cm³/mol. The quantitative estimate of drug-likeness (QED) is 0.443. The lowest BCUT2D eigenvalue weighted by atomic mass is 10.2. The third-order valence-corrected chi connectivity index (χ3v) is 4.35. The van der Waals surface area contributed by atoms with Crippen molar-refractivity contribution in [3.05, 3.63) is 98.3 Å². The number of carbonyl (C=O) groups excluding carboxylic acids is 1. The molecule has 0 atom stereocenters. The molecule has 3 rings (SSSR count). The topological polar surface area (TPSA) is 86.3 Å². The molecule has 1 aromatic heterocycles. The number of amides is 1. The van der Waals surface area contributed by atoms with Crippen molar-refractivity contribution < 1.29 is 4.79 Å². The Bertz CT molecular complexity index is 1060. The number of aromatic nitrogens is 1. The summed E-state index contributed by atoms with van der Waals surface area (Å²) >= 11 is 12.0. The van der Waals surface area contributed by atoms with Gasteiger partial charge in [-0.15, -0.1) is 0 Å². The van der Waals surface area contributed by atoms with Crippen LogP contribution in [-0.4, -0.2) is 16.9 Å². The van der Waals surface area contributed by atoms with Crippen molar-refractivity contribution in [1.82, 2.24) is 10.3 Å². The van der Waals surface area contributed by atoms with E-state index in [4.69, 9.17) is 23.2 Å². The molecule has 0 aliphatic rings. The second-order valence-electron chi connectivity index (χ2n) is 5.77. The van der Waals surface area contributed by atoms with Gasteiger partial charge in [0.25, 0.3) is 5.91 Å². The average Bonchev–Trinajstić information content (AvgIpc) is 2.67. The van der Waals surface area contributed by atoms with Gasteiger partial charge in [-0.3, -0.25) is 14.9 Å². The number of rotatable bonds is 4. The first-order chi connectivity index (χ1) is 13.5. The Morgan fingerprint density at radius 3 is 2.43 bits per heavy atom. The van der Waals surface area contributed by atoms with Crippen molar-refractivity contribution in [3.63, 3.8) is 0 Å². The number of hydrogen-bond acceptors (Lipinski definition) is 3. The highest BCUT2D eigenvalue weighted by atomic mass is 35.5. The van der Waals surface area contributed by atoms with Gasteiger partial charge in [0.15, 0.2) is 0 Å². The molecular formula is C20H16Cl2N4O2. The highest BCUT2D eigenvalue weighted by molar-refractivity contribution is 6.31. The first-order valence-electron chi connectivity index (χ1n) is 8.32. The molecule has 2 aromatic carbocycles. The average molecular weight is 415 g/mol. The molecule has 1 amide bonds. The number of halogens is 2. The van der Waals surface area contributed by atoms with E-state index < -0.39 is 0 Å². The van der Waals surface area contributed by atoms with Crippen LogP contribution in [0.2, 0.25) is 10.0 Å². The monoisotopic (exact) mass is 414 g/mol. The Morgan fingerprint density at radius 2 is 1.71 bits per heavy atom. The Labute approximate surface area is 171 Å². The molecule has 3 N–H and O–H groups in total. The molecule has 0 saturated carbocycles. The van der Waals surface area contributed by atoms with Gasteiger partial charge in [-0.05, 0) is 42.0 Å². The van der Waals surface area contributed by atoms with Crippen molar-refractivity contribution in [1.29, 1.82) is 0 Å². The summed E-state index contributed by atoms with van der Waals surface area (Å²) in [5.74, 6) is 0.184. The molecule has 0 saturated heterocycles. The number of benzene rings is 2. The van der Waals surface area contributed by atoms with Gasteiger partial charge in [-0.2, -0.15) is 0 Å². The number of pyridine rings is 1. The summed E-state index contributed by atoms with van der Waals surface area (Å²) < 4.78 is 0. The largest absolute Gasteiger partial charge is 0.312 e. The van der Waals surface area contributed by atoms with Crippen LogP contribution in [0.4, 0.5) is 5.82 Å². The number of nitrogens with zero attached hydrogens (tertiary/aromatic N) is 1. The van der Waals surface area contributed by atoms with E-state index in [1.165, 1.54) is 6.07 Å². The fourth-order valence-corrected chi connectivity index (χ4v) is 2.65. The summed E-state index contributed by atoms with van der Waals surface area (Å²) in [5.41, 5.74) is 0.934. The molecule has 0 bridgehead atoms. The molecule has 3 aromatic rings. The van der Waals surface area contributed by atoms with Crippen molar-refractivity contribution in [2.75, 3.05) is 5.32 Å². The number of aliphatic imine (C=N–C) groups is 1. The van der Waals surface area contributed by atoms with E-state index >= 15 is 0 Å². The van der Waals surface area contributed by atoms with Crippen LogP contribution < -0.4 is 16.2 Å². The number of carbonyl (C=O) groups is 1. The maximum absolute atomic E-state index is 12.5. The van der Waals surface area contributed by atoms with Gasteiger partial charge >= 0.3 is 0 Å². The zero-order chi connectivity index (χ0) is 19.9. The second-order valence-corrected chi connectivity index (χ2v) is 6.61. The van der Waals surface area contributed by atoms with Crippen LogP contribution in [0.5, 0.6) is 0 Å². The molecule has 0 radical (unpaired) electrons. The summed E-state index contributed by atoms with van der Waals surface area (Å²) in [4.78, 5) is 31.1. The molecule has 0 unspecified atom stereocenters. The summed E-state index contributed by atoms with van der Waals surface area (Å²) in [6, 6.07) is 18.4. The molecule has 0 fully saturated rings. The van der Waals surface area contributed by atoms with E-state index in [-0.39, 0.29) is 24.0 Å². The predicted octanol–water partition coefficient (Wildman–Crippen LogP) is 4.08. The third-order valence-electron chi connectivity index (χ3n) is 3.73. The van der Waals surface area contributed by atoms with Crippen molar-refractivity contribution >= 4 is 40.9 Å². The van der Waals surface area contributed by atoms with Gasteiger partial charge in [-0.1, -0.05) is 47.5 Å². The number of H-pyrrole nitrogens is 1. The normalized spacial score (nSPS) is 11.1. The summed E-state index contributed by atoms with van der Waals surface area (Å²) in [6.07, 6.45) is 0. The first-order valence-corrected chi connectivity index (χ1v) is 9.08. The molecular weight excluding hydrogens is 399 g/mol. The Morgan fingerprint density at radius 1 is 0.964 bits per heavy atom. The smallest absolute Gasteiger partial charge is 0.257 e. The van der Waals surface area contributed by atoms with Gasteiger partial charge in [0.1, 0.15) is 5.82 Å². The first kappa shape index (κ1) is 19.7. The maximum atomic E-state index is 12.5. The maximum Gasteiger partial charge on any atom is 0.257 e. The molecule has 1 heterocycles. The lowest BCUT2D eigenvalue weighted by Crippen LogP contribution is -2.36. The van der Waals surface area contributed by atoms with Crippen molar-refractivity contribution in [2.24, 2.45) is 4.99 Å². The van der Waals surface area contributed by atoms with Crippen LogP contribution >= 0.6 is 23.2 Å². The third kappa shape index (κ3) is 5.45. The SMILES string of the molecule is O=C(NC(=NCc1ccccc1Cl)Nc1cccc(=O)[nH]1)c1ccc(Cl)cc1. The highest BCUT2D eigenvalue weighted by Gasteiger charge is 2.10. The van der Waals surface area contributed by atoms with Crippen LogP contribution in [0.15, 0.2) is 76.5 Å². The van der Waals surface area contributed by atoms with E-state index in [1.807, 2.05) is 18.2 Å². The van der Waals surface area contributed by atoms with Gasteiger partial charge in [-0.25, -0.2) is 4.99 Å². The molecule has 8 heteroatoms. The van der Waals surface area contributed by atoms with Crippen LogP contribution in [0.25, 0.3) is 0 Å². The van der Waals surface area contributed by atoms with E-state index in [1.54, 1.807) is 42.5 Å². The lowest BCUT2D eigenvalue weighted by Gasteiger charge is -2.12. The Kier molecular flexibility index (Phi) is 6.47. The minimum Gasteiger partial charge on any atom is -0.312 e. The van der Waals surface area contributed by atoms with Crippen LogP contribution in [0, 0.1) is 0 Å². The van der Waals surface area contributed by atoms with E-state index in [9.17, 15) is 9.59 Å². The molecule has 0 aliphatic heterocycles. The summed E-state index contributed by atoms with van der Waals surface area (Å²) in [5, 5.41) is 6.72. The minimum atomic E-state index is -0.375. The molecule has 0 spiro atoms. The van der Waals surface area contributed by atoms with E-state index in [0.29, 0.717) is 21.4 Å². The number of aromatic amines is 1. The van der Waals surface area contributed by atoms with Crippen LogP contribution in [0.1, 0.15) is 15.9 Å². The van der Waals surface area contributed by atoms with Crippen LogP contribution in [-0.2, 0) is 6.54 Å². The second kappa shape index (κ2) is 9.21. The Balaban J connectivity index is 1.83. The molecule has 142 valence electrons. The minimum absolute atomic E-state index is 0.168. The zero-order valence-electron chi connectivity index (χ0n) is 14.6. The molecule has 28 heavy (non-hydrogen) atoms. The number of hydrogen-bond donors (Lipinski definition) is 3. The van der Waals surface area contributed by atoms with Gasteiger partial charge in [0, 0.05) is 21.7 Å².